The van der Waals surface area contributed by atoms with E-state index in [9.17, 15) is 4.79 Å². The van der Waals surface area contributed by atoms with E-state index in [1.165, 1.54) is 12.1 Å². The van der Waals surface area contributed by atoms with Gasteiger partial charge in [-0.2, -0.15) is 5.10 Å². The van der Waals surface area contributed by atoms with Gasteiger partial charge >= 0.3 is 0 Å². The minimum absolute atomic E-state index is 0.125. The lowest BCUT2D eigenvalue weighted by Crippen LogP contribution is -2.34. The smallest absolute Gasteiger partial charge is 0.272 e. The maximum absolute atomic E-state index is 12.3. The number of hydrogen-bond acceptors (Lipinski definition) is 4. The average molecular weight is 298 g/mol. The van der Waals surface area contributed by atoms with Gasteiger partial charge in [0.05, 0.1) is 12.7 Å². The number of hydrogen-bond donors (Lipinski definition) is 2. The maximum atomic E-state index is 12.3. The van der Waals surface area contributed by atoms with Crippen LogP contribution in [0.25, 0.3) is 0 Å². The molecule has 0 saturated heterocycles. The molecule has 0 aliphatic heterocycles. The van der Waals surface area contributed by atoms with Crippen molar-refractivity contribution >= 4 is 5.91 Å². The Morgan fingerprint density at radius 3 is 3.32 bits per heavy atom. The van der Waals surface area contributed by atoms with Crippen LogP contribution in [0.4, 0.5) is 0 Å². The van der Waals surface area contributed by atoms with Crippen molar-refractivity contribution < 1.29 is 9.53 Å². The summed E-state index contributed by atoms with van der Waals surface area (Å²) in [5.41, 5.74) is 2.84. The topological polar surface area (TPSA) is 79.9 Å². The third-order valence-corrected chi connectivity index (χ3v) is 4.40. The second-order valence-electron chi connectivity index (χ2n) is 6.10. The number of ether oxygens (including phenoxy) is 1. The number of aromatic amines is 1. The summed E-state index contributed by atoms with van der Waals surface area (Å²) in [6.07, 6.45) is 5.45. The predicted octanol–water partition coefficient (Wildman–Crippen LogP) is 1.66. The maximum Gasteiger partial charge on any atom is 0.272 e. The highest BCUT2D eigenvalue weighted by molar-refractivity contribution is 5.94. The molecule has 22 heavy (non-hydrogen) atoms. The second kappa shape index (κ2) is 5.12. The molecule has 2 heterocycles. The monoisotopic (exact) mass is 298 g/mol. The Morgan fingerprint density at radius 2 is 2.50 bits per heavy atom. The largest absolute Gasteiger partial charge is 0.487 e. The second-order valence-corrected chi connectivity index (χ2v) is 6.10. The van der Waals surface area contributed by atoms with Gasteiger partial charge in [0.2, 0.25) is 0 Å². The van der Waals surface area contributed by atoms with Gasteiger partial charge < -0.3 is 10.1 Å². The fourth-order valence-electron chi connectivity index (χ4n) is 3.18. The molecule has 0 radical (unpaired) electrons. The van der Waals surface area contributed by atoms with Gasteiger partial charge in [0.1, 0.15) is 11.9 Å². The minimum Gasteiger partial charge on any atom is -0.487 e. The van der Waals surface area contributed by atoms with Crippen molar-refractivity contribution in [2.24, 2.45) is 5.92 Å². The molecule has 6 nitrogen and oxygen atoms in total. The SMILES string of the molecule is CC(CNC(=O)c1n[nH]c2c1CC1CC21)Oc1cccnc1. The molecular weight excluding hydrogens is 280 g/mol. The van der Waals surface area contributed by atoms with E-state index in [0.717, 1.165) is 17.9 Å². The number of aromatic nitrogens is 3. The molecule has 2 aromatic heterocycles. The first kappa shape index (κ1) is 13.3. The van der Waals surface area contributed by atoms with Crippen LogP contribution in [0.15, 0.2) is 24.5 Å². The highest BCUT2D eigenvalue weighted by Crippen LogP contribution is 2.55. The quantitative estimate of drug-likeness (QED) is 0.880. The van der Waals surface area contributed by atoms with E-state index in [4.69, 9.17) is 4.74 Å². The third-order valence-electron chi connectivity index (χ3n) is 4.40. The van der Waals surface area contributed by atoms with Gasteiger partial charge in [0, 0.05) is 23.4 Å². The molecule has 3 atom stereocenters. The van der Waals surface area contributed by atoms with Crippen molar-refractivity contribution in [3.63, 3.8) is 0 Å². The zero-order chi connectivity index (χ0) is 15.1. The lowest BCUT2D eigenvalue weighted by molar-refractivity contribution is 0.0926. The average Bonchev–Trinajstić information content (AvgIpc) is 3.01. The van der Waals surface area contributed by atoms with Crippen LogP contribution in [0.1, 0.15) is 41.0 Å². The lowest BCUT2D eigenvalue weighted by Gasteiger charge is -2.14. The van der Waals surface area contributed by atoms with Gasteiger partial charge in [0.25, 0.3) is 5.91 Å². The van der Waals surface area contributed by atoms with Gasteiger partial charge in [-0.1, -0.05) is 0 Å². The van der Waals surface area contributed by atoms with Crippen LogP contribution in [-0.4, -0.2) is 33.7 Å². The molecule has 2 aromatic rings. The first-order chi connectivity index (χ1) is 10.7. The van der Waals surface area contributed by atoms with E-state index in [2.05, 4.69) is 20.5 Å². The van der Waals surface area contributed by atoms with E-state index in [1.807, 2.05) is 19.1 Å². The van der Waals surface area contributed by atoms with E-state index in [1.54, 1.807) is 12.4 Å². The molecule has 1 fully saturated rings. The summed E-state index contributed by atoms with van der Waals surface area (Å²) in [7, 11) is 0. The number of pyridine rings is 1. The van der Waals surface area contributed by atoms with E-state index < -0.39 is 0 Å². The zero-order valence-corrected chi connectivity index (χ0v) is 12.4. The van der Waals surface area contributed by atoms with Crippen LogP contribution in [-0.2, 0) is 6.42 Å². The Morgan fingerprint density at radius 1 is 1.59 bits per heavy atom. The van der Waals surface area contributed by atoms with Crippen LogP contribution in [0.5, 0.6) is 5.75 Å². The van der Waals surface area contributed by atoms with Gasteiger partial charge in [-0.3, -0.25) is 14.9 Å². The van der Waals surface area contributed by atoms with Crippen molar-refractivity contribution in [2.45, 2.75) is 31.8 Å². The molecule has 0 spiro atoms. The number of H-pyrrole nitrogens is 1. The highest BCUT2D eigenvalue weighted by atomic mass is 16.5. The van der Waals surface area contributed by atoms with Crippen molar-refractivity contribution in [2.75, 3.05) is 6.54 Å². The Labute approximate surface area is 128 Å². The summed E-state index contributed by atoms with van der Waals surface area (Å²) in [5.74, 6) is 1.94. The highest BCUT2D eigenvalue weighted by Gasteiger charge is 2.48. The molecular formula is C16H18N4O2. The Bertz CT molecular complexity index is 697. The molecule has 1 amide bonds. The van der Waals surface area contributed by atoms with Crippen molar-refractivity contribution in [3.8, 4) is 5.75 Å². The molecule has 2 N–H and O–H groups in total. The summed E-state index contributed by atoms with van der Waals surface area (Å²) in [6.45, 7) is 2.35. The summed E-state index contributed by atoms with van der Waals surface area (Å²) in [4.78, 5) is 16.3. The number of amides is 1. The molecule has 1 saturated carbocycles. The van der Waals surface area contributed by atoms with Crippen LogP contribution >= 0.6 is 0 Å². The number of nitrogens with zero attached hydrogens (tertiary/aromatic N) is 2. The normalized spacial score (nSPS) is 22.6. The van der Waals surface area contributed by atoms with Crippen LogP contribution in [0.3, 0.4) is 0 Å². The molecule has 0 bridgehead atoms. The van der Waals surface area contributed by atoms with Gasteiger partial charge in [-0.05, 0) is 37.8 Å². The first-order valence-corrected chi connectivity index (χ1v) is 7.64. The van der Waals surface area contributed by atoms with Crippen LogP contribution < -0.4 is 10.1 Å². The molecule has 4 rings (SSSR count). The Kier molecular flexibility index (Phi) is 3.10. The van der Waals surface area contributed by atoms with Crippen molar-refractivity contribution in [1.82, 2.24) is 20.5 Å². The van der Waals surface area contributed by atoms with Crippen molar-refractivity contribution in [1.29, 1.82) is 0 Å². The number of fused-ring (bicyclic) bond motifs is 3. The molecule has 2 aliphatic rings. The number of carbonyl (C=O) groups excluding carboxylic acids is 1. The van der Waals surface area contributed by atoms with Gasteiger partial charge in [-0.15, -0.1) is 0 Å². The van der Waals surface area contributed by atoms with Crippen LogP contribution in [0.2, 0.25) is 0 Å². The predicted molar refractivity (Wildman–Crippen MR) is 79.8 cm³/mol. The van der Waals surface area contributed by atoms with E-state index in [0.29, 0.717) is 23.9 Å². The Hall–Kier alpha value is -2.37. The van der Waals surface area contributed by atoms with E-state index >= 15 is 0 Å². The fourth-order valence-corrected chi connectivity index (χ4v) is 3.18. The van der Waals surface area contributed by atoms with E-state index in [-0.39, 0.29) is 12.0 Å². The first-order valence-electron chi connectivity index (χ1n) is 7.64. The fraction of sp³-hybridized carbons (Fsp3) is 0.438. The minimum atomic E-state index is -0.131. The molecule has 3 unspecified atom stereocenters. The molecule has 6 heteroatoms. The molecule has 0 aromatic carbocycles. The lowest BCUT2D eigenvalue weighted by atomic mass is 10.1. The summed E-state index contributed by atoms with van der Waals surface area (Å²) in [6, 6.07) is 3.66. The Balaban J connectivity index is 1.34. The zero-order valence-electron chi connectivity index (χ0n) is 12.4. The van der Waals surface area contributed by atoms with Crippen molar-refractivity contribution in [3.05, 3.63) is 41.5 Å². The molecule has 114 valence electrons. The number of nitrogens with one attached hydrogen (secondary N) is 2. The van der Waals surface area contributed by atoms with Crippen LogP contribution in [0, 0.1) is 5.92 Å². The molecule has 2 aliphatic carbocycles. The summed E-state index contributed by atoms with van der Waals surface area (Å²) < 4.78 is 5.69. The number of carbonyl (C=O) groups is 1. The summed E-state index contributed by atoms with van der Waals surface area (Å²) in [5, 5.41) is 10.1. The van der Waals surface area contributed by atoms with Gasteiger partial charge in [-0.25, -0.2) is 0 Å². The van der Waals surface area contributed by atoms with Gasteiger partial charge in [0.15, 0.2) is 5.69 Å². The number of rotatable bonds is 5. The summed E-state index contributed by atoms with van der Waals surface area (Å²) >= 11 is 0. The third kappa shape index (κ3) is 2.34. The standard InChI is InChI=1S/C16H18N4O2/c1-9(22-11-3-2-4-17-8-11)7-18-16(21)15-13-6-10-5-12(10)14(13)19-20-15/h2-4,8-10,12H,5-7H2,1H3,(H,18,21)(H,19,20).